The van der Waals surface area contributed by atoms with Gasteiger partial charge in [-0.15, -0.1) is 23.1 Å². The lowest BCUT2D eigenvalue weighted by atomic mass is 10.0. The molecule has 1 unspecified atom stereocenters. The summed E-state index contributed by atoms with van der Waals surface area (Å²) in [6.45, 7) is 0. The number of carbonyl (C=O) groups is 3. The highest BCUT2D eigenvalue weighted by Crippen LogP contribution is 2.42. The van der Waals surface area contributed by atoms with Crippen molar-refractivity contribution in [2.24, 2.45) is 12.2 Å². The molecule has 0 saturated carbocycles. The number of rotatable bonds is 8. The number of nitrogens with two attached hydrogens (primary N) is 2. The predicted octanol–water partition coefficient (Wildman–Crippen LogP) is -1.44. The van der Waals surface area contributed by atoms with Crippen molar-refractivity contribution in [1.82, 2.24) is 20.2 Å². The first-order valence-electron chi connectivity index (χ1n) is 11.5. The van der Waals surface area contributed by atoms with Crippen LogP contribution in [0.4, 0.5) is 11.1 Å². The van der Waals surface area contributed by atoms with Gasteiger partial charge in [-0.1, -0.05) is 21.9 Å². The third-order valence-electron chi connectivity index (χ3n) is 6.48. The molecule has 0 spiro atoms. The van der Waals surface area contributed by atoms with Crippen LogP contribution < -0.4 is 26.5 Å². The number of nitrogens with one attached hydrogen (secondary N) is 1. The summed E-state index contributed by atoms with van der Waals surface area (Å²) < 4.78 is 1.89. The van der Waals surface area contributed by atoms with E-state index < -0.39 is 29.2 Å². The lowest BCUT2D eigenvalue weighted by Gasteiger charge is -2.50. The molecule has 2 aliphatic heterocycles. The molecule has 1 aliphatic carbocycles. The number of thiazole rings is 1. The summed E-state index contributed by atoms with van der Waals surface area (Å²) in [5.41, 5.74) is 14.5. The third-order valence-corrected chi connectivity index (χ3v) is 9.60. The van der Waals surface area contributed by atoms with E-state index in [2.05, 4.69) is 20.4 Å². The van der Waals surface area contributed by atoms with Gasteiger partial charge in [0.1, 0.15) is 24.2 Å². The Bertz CT molecular complexity index is 1410. The van der Waals surface area contributed by atoms with Gasteiger partial charge in [-0.2, -0.15) is 0 Å². The Morgan fingerprint density at radius 1 is 1.37 bits per heavy atom. The quantitative estimate of drug-likeness (QED) is 0.0832. The maximum Gasteiger partial charge on any atom is 0.390 e. The summed E-state index contributed by atoms with van der Waals surface area (Å²) in [6, 6.07) is -0.951. The van der Waals surface area contributed by atoms with Gasteiger partial charge in [-0.05, 0) is 18.4 Å². The number of anilines is 2. The highest BCUT2D eigenvalue weighted by molar-refractivity contribution is 8.01. The number of amides is 2. The van der Waals surface area contributed by atoms with Crippen LogP contribution in [0.2, 0.25) is 0 Å². The topological polar surface area (TPSA) is 193 Å². The van der Waals surface area contributed by atoms with Gasteiger partial charge in [0, 0.05) is 28.9 Å². The predicted molar refractivity (Wildman–Crippen MR) is 140 cm³/mol. The molecule has 0 radical (unpaired) electrons. The van der Waals surface area contributed by atoms with E-state index in [-0.39, 0.29) is 22.2 Å². The fourth-order valence-corrected chi connectivity index (χ4v) is 7.80. The highest BCUT2D eigenvalue weighted by atomic mass is 32.2. The first-order chi connectivity index (χ1) is 18.2. The van der Waals surface area contributed by atoms with E-state index in [0.717, 1.165) is 46.9 Å². The van der Waals surface area contributed by atoms with Crippen LogP contribution in [0, 0.1) is 0 Å². The van der Waals surface area contributed by atoms with Gasteiger partial charge >= 0.3 is 5.95 Å². The minimum atomic E-state index is -1.44. The number of nitrogen functional groups attached to an aromatic ring is 2. The molecule has 1 saturated heterocycles. The van der Waals surface area contributed by atoms with E-state index in [1.165, 1.54) is 35.5 Å². The fourth-order valence-electron chi connectivity index (χ4n) is 4.67. The van der Waals surface area contributed by atoms with Crippen LogP contribution in [0.1, 0.15) is 23.4 Å². The fraction of sp³-hybridized carbons (Fsp3) is 0.409. The summed E-state index contributed by atoms with van der Waals surface area (Å²) in [4.78, 5) is 52.6. The number of hydrogen-bond donors (Lipinski definition) is 3. The van der Waals surface area contributed by atoms with Gasteiger partial charge in [-0.3, -0.25) is 20.2 Å². The normalized spacial score (nSPS) is 20.6. The zero-order valence-corrected chi connectivity index (χ0v) is 22.9. The van der Waals surface area contributed by atoms with Crippen molar-refractivity contribution >= 4 is 69.4 Å². The van der Waals surface area contributed by atoms with Gasteiger partial charge in [0.2, 0.25) is 0 Å². The SMILES string of the molecule is CO/N=C(\C(=O)NC1C(=O)N2C(C(=O)[O-])=C(CSc3nc(N)[n+](C)c4c3CCC4)CS[C@@H]12)c1csc(N)n1. The summed E-state index contributed by atoms with van der Waals surface area (Å²) in [7, 11) is 3.16. The molecule has 5 N–H and O–H groups in total. The smallest absolute Gasteiger partial charge is 0.390 e. The maximum absolute atomic E-state index is 13.1. The van der Waals surface area contributed by atoms with Crippen molar-refractivity contribution in [2.45, 2.75) is 35.7 Å². The molecule has 200 valence electrons. The van der Waals surface area contributed by atoms with Crippen molar-refractivity contribution < 1.29 is 28.9 Å². The largest absolute Gasteiger partial charge is 0.543 e. The number of aliphatic carboxylic acids is 1. The molecule has 13 nitrogen and oxygen atoms in total. The Balaban J connectivity index is 1.33. The lowest BCUT2D eigenvalue weighted by Crippen LogP contribution is -2.71. The van der Waals surface area contributed by atoms with E-state index >= 15 is 0 Å². The van der Waals surface area contributed by atoms with Crippen LogP contribution in [0.5, 0.6) is 0 Å². The second-order valence-electron chi connectivity index (χ2n) is 8.70. The highest BCUT2D eigenvalue weighted by Gasteiger charge is 2.53. The van der Waals surface area contributed by atoms with Crippen LogP contribution in [0.15, 0.2) is 26.8 Å². The molecule has 4 heterocycles. The zero-order chi connectivity index (χ0) is 27.1. The number of β-lactam (4-membered cyclic amide) rings is 1. The number of aromatic nitrogens is 3. The Kier molecular flexibility index (Phi) is 7.19. The summed E-state index contributed by atoms with van der Waals surface area (Å²) >= 11 is 3.89. The number of thioether (sulfide) groups is 2. The summed E-state index contributed by atoms with van der Waals surface area (Å²) in [5.74, 6) is -1.63. The number of carbonyl (C=O) groups excluding carboxylic acids is 3. The Hall–Kier alpha value is -3.37. The van der Waals surface area contributed by atoms with Crippen LogP contribution in [-0.4, -0.2) is 68.4 Å². The minimum absolute atomic E-state index is 0.143. The lowest BCUT2D eigenvalue weighted by molar-refractivity contribution is -0.667. The van der Waals surface area contributed by atoms with Crippen molar-refractivity contribution in [1.29, 1.82) is 0 Å². The van der Waals surface area contributed by atoms with Gasteiger partial charge < -0.3 is 25.8 Å². The van der Waals surface area contributed by atoms with Crippen LogP contribution in [0.25, 0.3) is 0 Å². The molecule has 0 aromatic carbocycles. The number of carboxylic acid groups (broad SMARTS) is 1. The van der Waals surface area contributed by atoms with Crippen molar-refractivity contribution in [3.63, 3.8) is 0 Å². The minimum Gasteiger partial charge on any atom is -0.543 e. The number of carboxylic acids is 1. The molecule has 2 aromatic heterocycles. The maximum atomic E-state index is 13.1. The monoisotopic (exact) mass is 576 g/mol. The first kappa shape index (κ1) is 26.2. The van der Waals surface area contributed by atoms with E-state index in [0.29, 0.717) is 23.0 Å². The van der Waals surface area contributed by atoms with Crippen LogP contribution in [-0.2, 0) is 39.1 Å². The second-order valence-corrected chi connectivity index (χ2v) is 11.7. The summed E-state index contributed by atoms with van der Waals surface area (Å²) in [6.07, 6.45) is 2.81. The molecular formula is C22H24N8O5S3. The number of hydrogen-bond acceptors (Lipinski definition) is 13. The summed E-state index contributed by atoms with van der Waals surface area (Å²) in [5, 5.41) is 20.4. The van der Waals surface area contributed by atoms with E-state index in [1.807, 2.05) is 11.6 Å². The number of nitrogens with zero attached hydrogens (tertiary/aromatic N) is 5. The molecule has 38 heavy (non-hydrogen) atoms. The van der Waals surface area contributed by atoms with Crippen molar-refractivity contribution in [3.8, 4) is 0 Å². The zero-order valence-electron chi connectivity index (χ0n) is 20.4. The van der Waals surface area contributed by atoms with Gasteiger partial charge in [-0.25, -0.2) is 9.55 Å². The van der Waals surface area contributed by atoms with Crippen molar-refractivity contribution in [3.05, 3.63) is 33.6 Å². The van der Waals surface area contributed by atoms with E-state index in [9.17, 15) is 19.5 Å². The van der Waals surface area contributed by atoms with Crippen LogP contribution >= 0.6 is 34.9 Å². The molecule has 1 fully saturated rings. The molecule has 2 amide bonds. The Morgan fingerprint density at radius 3 is 2.84 bits per heavy atom. The molecule has 2 atom stereocenters. The van der Waals surface area contributed by atoms with Crippen molar-refractivity contribution in [2.75, 3.05) is 30.1 Å². The first-order valence-corrected chi connectivity index (χ1v) is 14.4. The average Bonchev–Trinajstić information content (AvgIpc) is 3.56. The third kappa shape index (κ3) is 4.56. The van der Waals surface area contributed by atoms with Gasteiger partial charge in [0.05, 0.1) is 24.4 Å². The number of fused-ring (bicyclic) bond motifs is 2. The Labute approximate surface area is 229 Å². The molecular weight excluding hydrogens is 552 g/mol. The molecule has 3 aliphatic rings. The Morgan fingerprint density at radius 2 is 2.16 bits per heavy atom. The average molecular weight is 577 g/mol. The standard InChI is InChI=1S/C22H24N8O5S3/c1-29-12-5-3-4-10(12)17(27-21(29)23)36-6-9-7-37-19-14(18(32)30(19)15(9)20(33)34)26-16(31)13(28-35-2)11-8-38-22(24)25-11/h8,14,19,23H,3-7H2,1-2H3,(H4,24,25,26,31,33,34)/b28-13-/t14?,19-/m0/s1. The molecule has 0 bridgehead atoms. The second kappa shape index (κ2) is 10.4. The van der Waals surface area contributed by atoms with Gasteiger partial charge in [0.25, 0.3) is 11.8 Å². The van der Waals surface area contributed by atoms with E-state index in [4.69, 9.17) is 16.3 Å². The number of oxime groups is 1. The van der Waals surface area contributed by atoms with Crippen LogP contribution in [0.3, 0.4) is 0 Å². The molecule has 5 rings (SSSR count). The molecule has 16 heteroatoms. The molecule has 2 aromatic rings. The van der Waals surface area contributed by atoms with E-state index in [1.54, 1.807) is 5.38 Å². The van der Waals surface area contributed by atoms with Gasteiger partial charge in [0.15, 0.2) is 15.9 Å².